The molecular formula is C32H37F2N7O2. The van der Waals surface area contributed by atoms with Crippen LogP contribution < -0.4 is 14.5 Å². The number of amides is 1. The first-order valence-corrected chi connectivity index (χ1v) is 15.4. The van der Waals surface area contributed by atoms with Crippen molar-refractivity contribution in [2.75, 3.05) is 56.2 Å². The molecule has 2 aromatic rings. The Morgan fingerprint density at radius 1 is 1.19 bits per heavy atom. The molecule has 226 valence electrons. The minimum Gasteiger partial charge on any atom is -0.462 e. The van der Waals surface area contributed by atoms with Crippen molar-refractivity contribution in [2.45, 2.75) is 63.1 Å². The lowest BCUT2D eigenvalue weighted by Gasteiger charge is -2.42. The fourth-order valence-electron chi connectivity index (χ4n) is 7.66. The van der Waals surface area contributed by atoms with Crippen LogP contribution in [0.25, 0.3) is 0 Å². The molecule has 3 aliphatic heterocycles. The van der Waals surface area contributed by atoms with Crippen LogP contribution in [-0.2, 0) is 24.2 Å². The second kappa shape index (κ2) is 11.1. The predicted molar refractivity (Wildman–Crippen MR) is 157 cm³/mol. The molecule has 0 radical (unpaired) electrons. The maximum absolute atomic E-state index is 14.7. The van der Waals surface area contributed by atoms with Crippen LogP contribution in [0.1, 0.15) is 54.0 Å². The highest BCUT2D eigenvalue weighted by Gasteiger charge is 2.47. The highest BCUT2D eigenvalue weighted by Crippen LogP contribution is 2.59. The summed E-state index contributed by atoms with van der Waals surface area (Å²) in [5.41, 5.74) is 5.28. The van der Waals surface area contributed by atoms with Crippen LogP contribution in [0.4, 0.5) is 20.3 Å². The van der Waals surface area contributed by atoms with Crippen molar-refractivity contribution in [2.24, 2.45) is 5.92 Å². The summed E-state index contributed by atoms with van der Waals surface area (Å²) in [4.78, 5) is 30.3. The Hall–Kier alpha value is -3.78. The SMILES string of the molecule is C=C(F)C(=O)N1CCN(c2nc(OC[C@@H]3CCCN3C)nc3c2CCN(c2cc(F)cc4c2C2CC2C4)C3)C[C@@H]1CC#N. The number of hydrogen-bond donors (Lipinski definition) is 0. The molecule has 0 N–H and O–H groups in total. The van der Waals surface area contributed by atoms with E-state index in [1.165, 1.54) is 16.9 Å². The second-order valence-electron chi connectivity index (χ2n) is 12.7. The monoisotopic (exact) mass is 589 g/mol. The van der Waals surface area contributed by atoms with Gasteiger partial charge < -0.3 is 24.3 Å². The Balaban J connectivity index is 1.20. The molecule has 43 heavy (non-hydrogen) atoms. The van der Waals surface area contributed by atoms with Gasteiger partial charge in [-0.1, -0.05) is 6.58 Å². The van der Waals surface area contributed by atoms with Crippen molar-refractivity contribution in [3.05, 3.63) is 52.7 Å². The summed E-state index contributed by atoms with van der Waals surface area (Å²) in [6.45, 7) is 6.92. The van der Waals surface area contributed by atoms with Gasteiger partial charge in [0.15, 0.2) is 5.83 Å². The molecule has 0 bridgehead atoms. The Kier molecular flexibility index (Phi) is 7.20. The number of carbonyl (C=O) groups is 1. The van der Waals surface area contributed by atoms with Gasteiger partial charge in [-0.25, -0.2) is 8.78 Å². The number of fused-ring (bicyclic) bond motifs is 4. The Bertz CT molecular complexity index is 1510. The van der Waals surface area contributed by atoms with Crippen LogP contribution in [0.5, 0.6) is 6.01 Å². The average Bonchev–Trinajstić information content (AvgIpc) is 3.47. The number of carbonyl (C=O) groups excluding carboxylic acids is 1. The molecule has 1 amide bonds. The number of hydrogen-bond acceptors (Lipinski definition) is 8. The first-order valence-electron chi connectivity index (χ1n) is 15.4. The zero-order chi connectivity index (χ0) is 29.8. The molecule has 4 heterocycles. The van der Waals surface area contributed by atoms with Gasteiger partial charge in [0.05, 0.1) is 30.8 Å². The number of nitriles is 1. The zero-order valence-corrected chi connectivity index (χ0v) is 24.6. The number of rotatable bonds is 7. The van der Waals surface area contributed by atoms with E-state index in [0.29, 0.717) is 63.1 Å². The molecule has 3 fully saturated rings. The van der Waals surface area contributed by atoms with E-state index >= 15 is 0 Å². The maximum Gasteiger partial charge on any atom is 0.318 e. The first-order chi connectivity index (χ1) is 20.8. The molecular weight excluding hydrogens is 552 g/mol. The van der Waals surface area contributed by atoms with E-state index in [1.807, 2.05) is 0 Å². The lowest BCUT2D eigenvalue weighted by atomic mass is 9.99. The largest absolute Gasteiger partial charge is 0.462 e. The van der Waals surface area contributed by atoms with Crippen LogP contribution in [0.2, 0.25) is 0 Å². The Morgan fingerprint density at radius 3 is 2.81 bits per heavy atom. The van der Waals surface area contributed by atoms with Gasteiger partial charge in [-0.3, -0.25) is 4.79 Å². The van der Waals surface area contributed by atoms with E-state index in [4.69, 9.17) is 14.7 Å². The van der Waals surface area contributed by atoms with Crippen molar-refractivity contribution >= 4 is 17.4 Å². The second-order valence-corrected chi connectivity index (χ2v) is 12.7. The van der Waals surface area contributed by atoms with E-state index in [2.05, 4.69) is 34.4 Å². The lowest BCUT2D eigenvalue weighted by molar-refractivity contribution is -0.131. The van der Waals surface area contributed by atoms with Crippen LogP contribution >= 0.6 is 0 Å². The fraction of sp³-hybridized carbons (Fsp3) is 0.562. The molecule has 2 unspecified atom stereocenters. The Labute approximate surface area is 250 Å². The number of ether oxygens (including phenoxy) is 1. The van der Waals surface area contributed by atoms with Gasteiger partial charge in [-0.2, -0.15) is 15.2 Å². The van der Waals surface area contributed by atoms with Gasteiger partial charge in [-0.15, -0.1) is 0 Å². The van der Waals surface area contributed by atoms with Crippen molar-refractivity contribution < 1.29 is 18.3 Å². The molecule has 1 aromatic heterocycles. The van der Waals surface area contributed by atoms with Crippen molar-refractivity contribution in [3.63, 3.8) is 0 Å². The van der Waals surface area contributed by atoms with E-state index in [0.717, 1.165) is 54.1 Å². The third-order valence-corrected chi connectivity index (χ3v) is 10.0. The lowest BCUT2D eigenvalue weighted by Crippen LogP contribution is -2.55. The fourth-order valence-corrected chi connectivity index (χ4v) is 7.66. The predicted octanol–water partition coefficient (Wildman–Crippen LogP) is 3.73. The standard InChI is InChI=1S/C32H37F2N7O2/c1-19(33)31(42)41-11-10-40(16-23(41)5-7-35)30-25-6-9-39(28-15-22(34)13-21-12-20-14-26(20)29(21)28)17-27(25)36-32(37-30)43-18-24-4-3-8-38(24)2/h13,15,20,23-24,26H,1,3-6,8-12,14,16-18H2,2H3/t20?,23-,24-,26?/m0/s1. The molecule has 1 saturated carbocycles. The van der Waals surface area contributed by atoms with Gasteiger partial charge >= 0.3 is 6.01 Å². The van der Waals surface area contributed by atoms with Crippen molar-refractivity contribution in [3.8, 4) is 12.1 Å². The third kappa shape index (κ3) is 5.20. The average molecular weight is 590 g/mol. The van der Waals surface area contributed by atoms with Crippen molar-refractivity contribution in [1.82, 2.24) is 19.8 Å². The number of aromatic nitrogens is 2. The highest BCUT2D eigenvalue weighted by atomic mass is 19.1. The van der Waals surface area contributed by atoms with E-state index in [1.54, 1.807) is 12.1 Å². The van der Waals surface area contributed by atoms with Crippen LogP contribution in [0, 0.1) is 23.1 Å². The van der Waals surface area contributed by atoms with Crippen LogP contribution in [-0.4, -0.2) is 84.1 Å². The van der Waals surface area contributed by atoms with Gasteiger partial charge in [0.1, 0.15) is 18.2 Å². The number of nitrogens with zero attached hydrogens (tertiary/aromatic N) is 7. The molecule has 11 heteroatoms. The summed E-state index contributed by atoms with van der Waals surface area (Å²) in [6, 6.07) is 5.63. The number of likely N-dealkylation sites (N-methyl/N-ethyl adjacent to an activating group) is 1. The Morgan fingerprint density at radius 2 is 2.05 bits per heavy atom. The first kappa shape index (κ1) is 28.0. The van der Waals surface area contributed by atoms with Crippen molar-refractivity contribution in [1.29, 1.82) is 5.26 Å². The van der Waals surface area contributed by atoms with Crippen LogP contribution in [0.15, 0.2) is 24.5 Å². The minimum absolute atomic E-state index is 0.0702. The highest BCUT2D eigenvalue weighted by molar-refractivity contribution is 5.91. The smallest absolute Gasteiger partial charge is 0.318 e. The quantitative estimate of drug-likeness (QED) is 0.452. The summed E-state index contributed by atoms with van der Waals surface area (Å²) in [5, 5.41) is 9.49. The molecule has 9 nitrogen and oxygen atoms in total. The maximum atomic E-state index is 14.7. The molecule has 0 spiro atoms. The van der Waals surface area contributed by atoms with E-state index in [-0.39, 0.29) is 18.8 Å². The molecule has 1 aromatic carbocycles. The van der Waals surface area contributed by atoms with E-state index in [9.17, 15) is 18.8 Å². The number of halogens is 2. The van der Waals surface area contributed by atoms with E-state index < -0.39 is 17.8 Å². The van der Waals surface area contributed by atoms with Crippen LogP contribution in [0.3, 0.4) is 0 Å². The molecule has 7 rings (SSSR count). The van der Waals surface area contributed by atoms with Gasteiger partial charge in [-0.05, 0) is 80.8 Å². The normalized spacial score (nSPS) is 26.0. The zero-order valence-electron chi connectivity index (χ0n) is 24.6. The summed E-state index contributed by atoms with van der Waals surface area (Å²) >= 11 is 0. The van der Waals surface area contributed by atoms with Gasteiger partial charge in [0.25, 0.3) is 5.91 Å². The number of likely N-dealkylation sites (tertiary alicyclic amines) is 1. The number of piperazine rings is 1. The molecule has 4 atom stereocenters. The summed E-state index contributed by atoms with van der Waals surface area (Å²) in [6.07, 6.45) is 5.07. The molecule has 2 aliphatic carbocycles. The number of benzene rings is 1. The van der Waals surface area contributed by atoms with Gasteiger partial charge in [0, 0.05) is 43.5 Å². The topological polar surface area (TPSA) is 88.8 Å². The minimum atomic E-state index is -1.02. The third-order valence-electron chi connectivity index (χ3n) is 10.0. The molecule has 5 aliphatic rings. The summed E-state index contributed by atoms with van der Waals surface area (Å²) in [7, 11) is 2.10. The summed E-state index contributed by atoms with van der Waals surface area (Å²) in [5.74, 6) is -0.0695. The summed E-state index contributed by atoms with van der Waals surface area (Å²) < 4.78 is 34.8. The van der Waals surface area contributed by atoms with Gasteiger partial charge in [0.2, 0.25) is 0 Å². The number of anilines is 2. The molecule has 2 saturated heterocycles.